The number of carbonyl (C=O) groups is 1. The van der Waals surface area contributed by atoms with Gasteiger partial charge in [0.15, 0.2) is 0 Å². The minimum atomic E-state index is -0.539. The molecule has 9 heteroatoms. The van der Waals surface area contributed by atoms with Crippen LogP contribution in [0.25, 0.3) is 0 Å². The number of hydrogen-bond acceptors (Lipinski definition) is 4. The summed E-state index contributed by atoms with van der Waals surface area (Å²) in [4.78, 5) is 22.9. The van der Waals surface area contributed by atoms with Gasteiger partial charge in [-0.15, -0.1) is 0 Å². The Morgan fingerprint density at radius 1 is 1.33 bits per heavy atom. The van der Waals surface area contributed by atoms with Gasteiger partial charge in [0.1, 0.15) is 5.82 Å². The third-order valence-electron chi connectivity index (χ3n) is 4.02. The van der Waals surface area contributed by atoms with Gasteiger partial charge >= 0.3 is 0 Å². The molecule has 0 aliphatic rings. The van der Waals surface area contributed by atoms with Crippen molar-refractivity contribution >= 4 is 28.9 Å². The second kappa shape index (κ2) is 7.55. The molecule has 0 saturated carbocycles. The largest absolute Gasteiger partial charge is 0.319 e. The van der Waals surface area contributed by atoms with Crippen LogP contribution in [-0.4, -0.2) is 20.6 Å². The molecule has 1 amide bonds. The third-order valence-corrected chi connectivity index (χ3v) is 4.37. The fourth-order valence-corrected chi connectivity index (χ4v) is 2.85. The smallest absolute Gasteiger partial charge is 0.273 e. The lowest BCUT2D eigenvalue weighted by Crippen LogP contribution is -2.13. The molecule has 1 aromatic heterocycles. The fourth-order valence-electron chi connectivity index (χ4n) is 2.63. The summed E-state index contributed by atoms with van der Waals surface area (Å²) in [6, 6.07) is 8.68. The Morgan fingerprint density at radius 2 is 2.07 bits per heavy atom. The van der Waals surface area contributed by atoms with Crippen LogP contribution in [0, 0.1) is 22.9 Å². The highest BCUT2D eigenvalue weighted by Crippen LogP contribution is 2.23. The molecule has 0 spiro atoms. The zero-order valence-corrected chi connectivity index (χ0v) is 14.9. The van der Waals surface area contributed by atoms with E-state index in [0.717, 1.165) is 0 Å². The van der Waals surface area contributed by atoms with Crippen LogP contribution in [0.4, 0.5) is 15.8 Å². The molecule has 27 heavy (non-hydrogen) atoms. The Bertz CT molecular complexity index is 1010. The van der Waals surface area contributed by atoms with E-state index >= 15 is 0 Å². The highest BCUT2D eigenvalue weighted by Gasteiger charge is 2.18. The van der Waals surface area contributed by atoms with E-state index in [9.17, 15) is 19.3 Å². The number of benzene rings is 2. The summed E-state index contributed by atoms with van der Waals surface area (Å²) in [7, 11) is 0. The molecule has 7 nitrogen and oxygen atoms in total. The van der Waals surface area contributed by atoms with Crippen LogP contribution < -0.4 is 5.32 Å². The van der Waals surface area contributed by atoms with E-state index in [4.69, 9.17) is 11.6 Å². The number of nitro benzene ring substituents is 1. The monoisotopic (exact) mass is 388 g/mol. The van der Waals surface area contributed by atoms with E-state index in [1.807, 2.05) is 0 Å². The first-order valence-corrected chi connectivity index (χ1v) is 8.25. The summed E-state index contributed by atoms with van der Waals surface area (Å²) in [6.45, 7) is 1.61. The lowest BCUT2D eigenvalue weighted by atomic mass is 10.1. The van der Waals surface area contributed by atoms with Crippen LogP contribution in [-0.2, 0) is 6.54 Å². The molecule has 0 aliphatic carbocycles. The van der Waals surface area contributed by atoms with Gasteiger partial charge in [-0.2, -0.15) is 5.10 Å². The molecule has 0 bridgehead atoms. The normalized spacial score (nSPS) is 10.6. The molecule has 0 aliphatic heterocycles. The number of rotatable bonds is 5. The van der Waals surface area contributed by atoms with Crippen molar-refractivity contribution in [2.75, 3.05) is 5.32 Å². The van der Waals surface area contributed by atoms with Crippen molar-refractivity contribution in [3.8, 4) is 0 Å². The van der Waals surface area contributed by atoms with E-state index in [1.54, 1.807) is 6.07 Å². The standard InChI is InChI=1S/C18H14ClFN4O3/c1-11-13(4-2-7-17(11)24(26)27)18(25)22-12-8-21-23(9-12)10-14-15(19)5-3-6-16(14)20/h2-9H,10H2,1H3,(H,22,25). The number of aromatic nitrogens is 2. The first-order chi connectivity index (χ1) is 12.9. The average Bonchev–Trinajstić information content (AvgIpc) is 3.05. The number of nitrogens with zero attached hydrogens (tertiary/aromatic N) is 3. The van der Waals surface area contributed by atoms with Gasteiger partial charge in [0.05, 0.1) is 23.4 Å². The number of carbonyl (C=O) groups excluding carboxylic acids is 1. The summed E-state index contributed by atoms with van der Waals surface area (Å²) in [5, 5.41) is 18.0. The van der Waals surface area contributed by atoms with Crippen molar-refractivity contribution in [2.45, 2.75) is 13.5 Å². The average molecular weight is 389 g/mol. The molecule has 0 saturated heterocycles. The molecule has 0 unspecified atom stereocenters. The van der Waals surface area contributed by atoms with E-state index in [2.05, 4.69) is 10.4 Å². The Balaban J connectivity index is 1.77. The van der Waals surface area contributed by atoms with Gasteiger partial charge in [-0.05, 0) is 25.1 Å². The molecule has 3 aromatic rings. The maximum Gasteiger partial charge on any atom is 0.273 e. The van der Waals surface area contributed by atoms with E-state index < -0.39 is 16.6 Å². The van der Waals surface area contributed by atoms with Crippen LogP contribution in [0.5, 0.6) is 0 Å². The zero-order valence-electron chi connectivity index (χ0n) is 14.1. The number of anilines is 1. The summed E-state index contributed by atoms with van der Waals surface area (Å²) >= 11 is 6.00. The second-order valence-corrected chi connectivity index (χ2v) is 6.19. The summed E-state index contributed by atoms with van der Waals surface area (Å²) in [5.41, 5.74) is 0.986. The third kappa shape index (κ3) is 3.95. The molecular formula is C18H14ClFN4O3. The van der Waals surface area contributed by atoms with Gasteiger partial charge < -0.3 is 5.32 Å². The van der Waals surface area contributed by atoms with Gasteiger partial charge in [-0.25, -0.2) is 4.39 Å². The number of nitrogens with one attached hydrogen (secondary N) is 1. The van der Waals surface area contributed by atoms with Crippen LogP contribution in [0.1, 0.15) is 21.5 Å². The molecule has 3 rings (SSSR count). The quantitative estimate of drug-likeness (QED) is 0.524. The van der Waals surface area contributed by atoms with Crippen LogP contribution in [0.15, 0.2) is 48.8 Å². The van der Waals surface area contributed by atoms with Gasteiger partial charge in [-0.3, -0.25) is 19.6 Å². The van der Waals surface area contributed by atoms with Crippen molar-refractivity contribution in [3.63, 3.8) is 0 Å². The number of halogens is 2. The second-order valence-electron chi connectivity index (χ2n) is 5.79. The van der Waals surface area contributed by atoms with E-state index in [1.165, 1.54) is 54.3 Å². The van der Waals surface area contributed by atoms with Crippen molar-refractivity contribution in [1.29, 1.82) is 0 Å². The molecule has 138 valence electrons. The highest BCUT2D eigenvalue weighted by atomic mass is 35.5. The number of amides is 1. The molecule has 2 aromatic carbocycles. The maximum atomic E-state index is 13.9. The summed E-state index contributed by atoms with van der Waals surface area (Å²) < 4.78 is 15.3. The molecule has 1 heterocycles. The fraction of sp³-hybridized carbons (Fsp3) is 0.111. The van der Waals surface area contributed by atoms with Crippen LogP contribution in [0.3, 0.4) is 0 Å². The lowest BCUT2D eigenvalue weighted by Gasteiger charge is -2.07. The number of nitro groups is 1. The van der Waals surface area contributed by atoms with E-state index in [-0.39, 0.29) is 33.9 Å². The predicted molar refractivity (Wildman–Crippen MR) is 98.5 cm³/mol. The van der Waals surface area contributed by atoms with Crippen molar-refractivity contribution in [3.05, 3.63) is 86.4 Å². The first kappa shape index (κ1) is 18.5. The Kier molecular flexibility index (Phi) is 5.18. The Labute approximate surface area is 158 Å². The molecule has 1 N–H and O–H groups in total. The van der Waals surface area contributed by atoms with Gasteiger partial charge in [-0.1, -0.05) is 23.7 Å². The van der Waals surface area contributed by atoms with Gasteiger partial charge in [0.25, 0.3) is 11.6 Å². The minimum absolute atomic E-state index is 0.0945. The summed E-state index contributed by atoms with van der Waals surface area (Å²) in [5.74, 6) is -0.949. The minimum Gasteiger partial charge on any atom is -0.319 e. The van der Waals surface area contributed by atoms with Crippen molar-refractivity contribution < 1.29 is 14.1 Å². The van der Waals surface area contributed by atoms with Gasteiger partial charge in [0.2, 0.25) is 0 Å². The summed E-state index contributed by atoms with van der Waals surface area (Å²) in [6.07, 6.45) is 2.92. The van der Waals surface area contributed by atoms with Crippen LogP contribution in [0.2, 0.25) is 5.02 Å². The van der Waals surface area contributed by atoms with Gasteiger partial charge in [0, 0.05) is 34.0 Å². The predicted octanol–water partition coefficient (Wildman–Crippen LogP) is 4.19. The Hall–Kier alpha value is -3.26. The number of hydrogen-bond donors (Lipinski definition) is 1. The molecule has 0 radical (unpaired) electrons. The van der Waals surface area contributed by atoms with Crippen molar-refractivity contribution in [1.82, 2.24) is 9.78 Å². The maximum absolute atomic E-state index is 13.9. The van der Waals surface area contributed by atoms with E-state index in [0.29, 0.717) is 5.69 Å². The highest BCUT2D eigenvalue weighted by molar-refractivity contribution is 6.31. The first-order valence-electron chi connectivity index (χ1n) is 7.87. The van der Waals surface area contributed by atoms with Crippen LogP contribution >= 0.6 is 11.6 Å². The Morgan fingerprint density at radius 3 is 2.78 bits per heavy atom. The lowest BCUT2D eigenvalue weighted by molar-refractivity contribution is -0.385. The molecule has 0 atom stereocenters. The van der Waals surface area contributed by atoms with Crippen molar-refractivity contribution in [2.24, 2.45) is 0 Å². The SMILES string of the molecule is Cc1c(C(=O)Nc2cnn(Cc3c(F)cccc3Cl)c2)cccc1[N+](=O)[O-]. The molecular weight excluding hydrogens is 375 g/mol. The zero-order chi connectivity index (χ0) is 19.6. The topological polar surface area (TPSA) is 90.1 Å². The molecule has 0 fully saturated rings.